The summed E-state index contributed by atoms with van der Waals surface area (Å²) >= 11 is 0. The summed E-state index contributed by atoms with van der Waals surface area (Å²) in [7, 11) is 0. The van der Waals surface area contributed by atoms with Gasteiger partial charge in [-0.1, -0.05) is 17.7 Å². The summed E-state index contributed by atoms with van der Waals surface area (Å²) in [4.78, 5) is 22.8. The fourth-order valence-corrected chi connectivity index (χ4v) is 2.31. The van der Waals surface area contributed by atoms with E-state index in [-0.39, 0.29) is 18.0 Å². The van der Waals surface area contributed by atoms with Crippen LogP contribution in [0.4, 0.5) is 0 Å². The molecule has 0 saturated carbocycles. The number of ether oxygens (including phenoxy) is 1. The number of nitrogens with one attached hydrogen (secondary N) is 2. The highest BCUT2D eigenvalue weighted by Gasteiger charge is 2.17. The number of carbonyl (C=O) groups is 2. The molecule has 1 amide bonds. The van der Waals surface area contributed by atoms with E-state index in [4.69, 9.17) is 15.1 Å². The van der Waals surface area contributed by atoms with Crippen LogP contribution in [0.5, 0.6) is 5.75 Å². The molecule has 1 aromatic rings. The highest BCUT2D eigenvalue weighted by Crippen LogP contribution is 2.26. The predicted molar refractivity (Wildman–Crippen MR) is 97.5 cm³/mol. The summed E-state index contributed by atoms with van der Waals surface area (Å²) in [5.41, 5.74) is 1.81. The lowest BCUT2D eigenvalue weighted by atomic mass is 10.0. The van der Waals surface area contributed by atoms with Gasteiger partial charge in [-0.15, -0.1) is 0 Å². The molecular weight excluding hydrogens is 334 g/mol. The van der Waals surface area contributed by atoms with Gasteiger partial charge in [-0.2, -0.15) is 5.26 Å². The topological polar surface area (TPSA) is 111 Å². The molecular formula is C19H25N3O4. The van der Waals surface area contributed by atoms with Crippen molar-refractivity contribution in [3.05, 3.63) is 41.1 Å². The first-order chi connectivity index (χ1) is 12.4. The molecule has 0 aliphatic heterocycles. The van der Waals surface area contributed by atoms with Crippen LogP contribution in [0, 0.1) is 18.3 Å². The van der Waals surface area contributed by atoms with E-state index in [2.05, 4.69) is 10.6 Å². The zero-order chi connectivity index (χ0) is 19.5. The van der Waals surface area contributed by atoms with Gasteiger partial charge in [0.2, 0.25) is 0 Å². The van der Waals surface area contributed by atoms with Crippen LogP contribution in [0.15, 0.2) is 30.0 Å². The molecule has 0 fully saturated rings. The van der Waals surface area contributed by atoms with Gasteiger partial charge in [0.25, 0.3) is 5.91 Å². The van der Waals surface area contributed by atoms with Crippen molar-refractivity contribution in [2.24, 2.45) is 0 Å². The van der Waals surface area contributed by atoms with Crippen LogP contribution < -0.4 is 15.4 Å². The average molecular weight is 359 g/mol. The molecule has 7 nitrogen and oxygen atoms in total. The largest absolute Gasteiger partial charge is 0.494 e. The molecule has 26 heavy (non-hydrogen) atoms. The van der Waals surface area contributed by atoms with Gasteiger partial charge in [0.05, 0.1) is 12.6 Å². The first kappa shape index (κ1) is 21.0. The summed E-state index contributed by atoms with van der Waals surface area (Å²) in [5.74, 6) is -0.694. The second kappa shape index (κ2) is 10.8. The zero-order valence-corrected chi connectivity index (χ0v) is 15.3. The quantitative estimate of drug-likeness (QED) is 0.336. The molecule has 0 radical (unpaired) electrons. The van der Waals surface area contributed by atoms with Crippen molar-refractivity contribution in [1.82, 2.24) is 10.6 Å². The number of rotatable bonds is 10. The smallest absolute Gasteiger partial charge is 0.303 e. The Balaban J connectivity index is 2.74. The fourth-order valence-electron chi connectivity index (χ4n) is 2.31. The standard InChI is InChI=1S/C19H25N3O4/c1-4-26-17-8-7-13(2)10-16(17)14(3)22-19(25)15(11-20)12-21-9-5-6-18(23)24/h7-8,10,12,14,21H,4-6,9H2,1-3H3,(H,22,25)(H,23,24)/b15-12-. The van der Waals surface area contributed by atoms with E-state index in [0.717, 1.165) is 11.1 Å². The zero-order valence-electron chi connectivity index (χ0n) is 15.3. The number of nitriles is 1. The maximum Gasteiger partial charge on any atom is 0.303 e. The molecule has 140 valence electrons. The van der Waals surface area contributed by atoms with Gasteiger partial charge in [0.15, 0.2) is 0 Å². The van der Waals surface area contributed by atoms with E-state index in [1.165, 1.54) is 6.20 Å². The molecule has 3 N–H and O–H groups in total. The maximum absolute atomic E-state index is 12.3. The van der Waals surface area contributed by atoms with Gasteiger partial charge < -0.3 is 20.5 Å². The second-order valence-corrected chi connectivity index (χ2v) is 5.79. The number of amides is 1. The Hall–Kier alpha value is -3.01. The van der Waals surface area contributed by atoms with Crippen molar-refractivity contribution in [1.29, 1.82) is 5.26 Å². The van der Waals surface area contributed by atoms with Crippen LogP contribution in [-0.2, 0) is 9.59 Å². The van der Waals surface area contributed by atoms with Gasteiger partial charge in [-0.25, -0.2) is 0 Å². The van der Waals surface area contributed by atoms with Crippen molar-refractivity contribution < 1.29 is 19.4 Å². The minimum Gasteiger partial charge on any atom is -0.494 e. The molecule has 1 atom stereocenters. The minimum atomic E-state index is -0.883. The second-order valence-electron chi connectivity index (χ2n) is 5.79. The van der Waals surface area contributed by atoms with Crippen LogP contribution in [0.25, 0.3) is 0 Å². The van der Waals surface area contributed by atoms with E-state index >= 15 is 0 Å². The molecule has 1 unspecified atom stereocenters. The van der Waals surface area contributed by atoms with E-state index in [0.29, 0.717) is 25.3 Å². The molecule has 0 heterocycles. The van der Waals surface area contributed by atoms with Gasteiger partial charge in [0.1, 0.15) is 17.4 Å². The lowest BCUT2D eigenvalue weighted by Gasteiger charge is -2.18. The number of carbonyl (C=O) groups excluding carboxylic acids is 1. The number of hydrogen-bond donors (Lipinski definition) is 3. The summed E-state index contributed by atoms with van der Waals surface area (Å²) < 4.78 is 5.60. The Bertz CT molecular complexity index is 707. The molecule has 0 bridgehead atoms. The van der Waals surface area contributed by atoms with Gasteiger partial charge in [0, 0.05) is 24.7 Å². The van der Waals surface area contributed by atoms with Crippen LogP contribution >= 0.6 is 0 Å². The summed E-state index contributed by atoms with van der Waals surface area (Å²) in [6.07, 6.45) is 1.74. The Morgan fingerprint density at radius 2 is 2.15 bits per heavy atom. The SMILES string of the molecule is CCOc1ccc(C)cc1C(C)NC(=O)/C(C#N)=C\NCCCC(=O)O. The van der Waals surface area contributed by atoms with E-state index in [1.807, 2.05) is 45.0 Å². The number of nitrogens with zero attached hydrogens (tertiary/aromatic N) is 1. The third kappa shape index (κ3) is 6.85. The van der Waals surface area contributed by atoms with Crippen LogP contribution in [0.3, 0.4) is 0 Å². The lowest BCUT2D eigenvalue weighted by molar-refractivity contribution is -0.137. The Morgan fingerprint density at radius 3 is 2.77 bits per heavy atom. The molecule has 0 aliphatic rings. The summed E-state index contributed by atoms with van der Waals surface area (Å²) in [5, 5.41) is 23.3. The highest BCUT2D eigenvalue weighted by atomic mass is 16.5. The lowest BCUT2D eigenvalue weighted by Crippen LogP contribution is -2.29. The predicted octanol–water partition coefficient (Wildman–Crippen LogP) is 2.43. The molecule has 1 rings (SSSR count). The Morgan fingerprint density at radius 1 is 1.42 bits per heavy atom. The number of hydrogen-bond acceptors (Lipinski definition) is 5. The van der Waals surface area contributed by atoms with Crippen molar-refractivity contribution >= 4 is 11.9 Å². The van der Waals surface area contributed by atoms with Crippen LogP contribution in [-0.4, -0.2) is 30.1 Å². The first-order valence-corrected chi connectivity index (χ1v) is 8.48. The fraction of sp³-hybridized carbons (Fsp3) is 0.421. The van der Waals surface area contributed by atoms with Crippen LogP contribution in [0.2, 0.25) is 0 Å². The average Bonchev–Trinajstić information content (AvgIpc) is 2.59. The van der Waals surface area contributed by atoms with Crippen molar-refractivity contribution in [3.8, 4) is 11.8 Å². The molecule has 0 saturated heterocycles. The van der Waals surface area contributed by atoms with E-state index in [1.54, 1.807) is 0 Å². The molecule has 0 aromatic heterocycles. The van der Waals surface area contributed by atoms with E-state index < -0.39 is 11.9 Å². The number of benzene rings is 1. The first-order valence-electron chi connectivity index (χ1n) is 8.48. The molecule has 7 heteroatoms. The van der Waals surface area contributed by atoms with Crippen molar-refractivity contribution in [2.75, 3.05) is 13.2 Å². The third-order valence-electron chi connectivity index (χ3n) is 3.60. The number of aryl methyl sites for hydroxylation is 1. The molecule has 0 spiro atoms. The maximum atomic E-state index is 12.3. The number of carboxylic acid groups (broad SMARTS) is 1. The number of aliphatic carboxylic acids is 1. The molecule has 1 aromatic carbocycles. The van der Waals surface area contributed by atoms with Gasteiger partial charge in [-0.05, 0) is 33.3 Å². The van der Waals surface area contributed by atoms with Crippen molar-refractivity contribution in [2.45, 2.75) is 39.7 Å². The van der Waals surface area contributed by atoms with Crippen LogP contribution in [0.1, 0.15) is 43.9 Å². The minimum absolute atomic E-state index is 0.0273. The van der Waals surface area contributed by atoms with Gasteiger partial charge >= 0.3 is 5.97 Å². The molecule has 0 aliphatic carbocycles. The monoisotopic (exact) mass is 359 g/mol. The number of carboxylic acids is 1. The summed E-state index contributed by atoms with van der Waals surface area (Å²) in [6.45, 7) is 6.55. The Labute approximate surface area is 153 Å². The normalized spacial score (nSPS) is 12.0. The van der Waals surface area contributed by atoms with Crippen molar-refractivity contribution in [3.63, 3.8) is 0 Å². The van der Waals surface area contributed by atoms with E-state index in [9.17, 15) is 9.59 Å². The highest BCUT2D eigenvalue weighted by molar-refractivity contribution is 5.97. The Kier molecular flexibility index (Phi) is 8.71. The third-order valence-corrected chi connectivity index (χ3v) is 3.60. The van der Waals surface area contributed by atoms with Gasteiger partial charge in [-0.3, -0.25) is 9.59 Å². The summed E-state index contributed by atoms with van der Waals surface area (Å²) in [6, 6.07) is 7.25.